The first kappa shape index (κ1) is 22.2. The molecule has 0 fully saturated rings. The molecule has 0 aliphatic heterocycles. The summed E-state index contributed by atoms with van der Waals surface area (Å²) in [6.45, 7) is 11.3. The molecule has 0 unspecified atom stereocenters. The Labute approximate surface area is 170 Å². The Hall–Kier alpha value is -2.12. The minimum atomic E-state index is -0.605. The largest absolute Gasteiger partial charge is 0.444 e. The van der Waals surface area contributed by atoms with Crippen molar-refractivity contribution in [3.05, 3.63) is 39.4 Å². The van der Waals surface area contributed by atoms with E-state index in [4.69, 9.17) is 22.1 Å². The predicted octanol–water partition coefficient (Wildman–Crippen LogP) is 3.76. The van der Waals surface area contributed by atoms with Crippen LogP contribution in [-0.2, 0) is 11.3 Å². The van der Waals surface area contributed by atoms with Crippen molar-refractivity contribution in [3.63, 3.8) is 0 Å². The van der Waals surface area contributed by atoms with E-state index in [9.17, 15) is 9.59 Å². The number of nitrogens with one attached hydrogen (secondary N) is 1. The number of nitrogens with two attached hydrogens (primary N) is 1. The van der Waals surface area contributed by atoms with Crippen LogP contribution in [0.4, 0.5) is 4.79 Å². The van der Waals surface area contributed by atoms with Gasteiger partial charge in [-0.1, -0.05) is 17.7 Å². The third-order valence-electron chi connectivity index (χ3n) is 4.17. The minimum Gasteiger partial charge on any atom is -0.444 e. The maximum Gasteiger partial charge on any atom is 0.408 e. The Kier molecular flexibility index (Phi) is 6.41. The average molecular weight is 409 g/mol. The van der Waals surface area contributed by atoms with E-state index in [0.717, 1.165) is 0 Å². The SMILES string of the molecule is C[C@H](N)c1nc2cccc(Cl)c2c(=O)n1CCC(C)(C)NC(=O)OC(C)(C)C. The average Bonchev–Trinajstić information content (AvgIpc) is 2.50. The summed E-state index contributed by atoms with van der Waals surface area (Å²) in [5.41, 5.74) is 5.15. The van der Waals surface area contributed by atoms with Gasteiger partial charge in [0.1, 0.15) is 11.4 Å². The van der Waals surface area contributed by atoms with Crippen LogP contribution in [0.3, 0.4) is 0 Å². The van der Waals surface area contributed by atoms with E-state index in [1.165, 1.54) is 4.57 Å². The number of benzene rings is 1. The molecule has 3 N–H and O–H groups in total. The van der Waals surface area contributed by atoms with Crippen molar-refractivity contribution in [3.8, 4) is 0 Å². The second-order valence-electron chi connectivity index (χ2n) is 8.61. The van der Waals surface area contributed by atoms with E-state index in [1.807, 2.05) is 13.8 Å². The molecule has 1 aromatic heterocycles. The van der Waals surface area contributed by atoms with Gasteiger partial charge in [-0.05, 0) is 60.1 Å². The molecule has 2 aromatic rings. The Morgan fingerprint density at radius 1 is 1.32 bits per heavy atom. The first-order chi connectivity index (χ1) is 12.8. The lowest BCUT2D eigenvalue weighted by Crippen LogP contribution is -2.47. The lowest BCUT2D eigenvalue weighted by molar-refractivity contribution is 0.0465. The van der Waals surface area contributed by atoms with Crippen molar-refractivity contribution < 1.29 is 9.53 Å². The lowest BCUT2D eigenvalue weighted by atomic mass is 10.0. The summed E-state index contributed by atoms with van der Waals surface area (Å²) >= 11 is 6.23. The number of halogens is 1. The zero-order valence-corrected chi connectivity index (χ0v) is 18.1. The van der Waals surface area contributed by atoms with Crippen molar-refractivity contribution in [2.75, 3.05) is 0 Å². The fourth-order valence-corrected chi connectivity index (χ4v) is 3.09. The van der Waals surface area contributed by atoms with Crippen molar-refractivity contribution in [1.82, 2.24) is 14.9 Å². The summed E-state index contributed by atoms with van der Waals surface area (Å²) in [6.07, 6.45) is -0.0271. The van der Waals surface area contributed by atoms with Crippen LogP contribution in [-0.4, -0.2) is 26.8 Å². The molecule has 0 saturated heterocycles. The molecule has 0 aliphatic carbocycles. The van der Waals surface area contributed by atoms with Gasteiger partial charge >= 0.3 is 6.09 Å². The van der Waals surface area contributed by atoms with Gasteiger partial charge < -0.3 is 15.8 Å². The maximum absolute atomic E-state index is 13.1. The van der Waals surface area contributed by atoms with Gasteiger partial charge in [0.2, 0.25) is 0 Å². The molecule has 28 heavy (non-hydrogen) atoms. The highest BCUT2D eigenvalue weighted by Crippen LogP contribution is 2.21. The molecule has 1 heterocycles. The number of alkyl carbamates (subject to hydrolysis) is 1. The number of hydrogen-bond acceptors (Lipinski definition) is 5. The number of aromatic nitrogens is 2. The molecule has 2 rings (SSSR count). The van der Waals surface area contributed by atoms with Crippen LogP contribution < -0.4 is 16.6 Å². The van der Waals surface area contributed by atoms with Crippen molar-refractivity contribution in [1.29, 1.82) is 0 Å². The van der Waals surface area contributed by atoms with Crippen LogP contribution in [0.25, 0.3) is 10.9 Å². The van der Waals surface area contributed by atoms with Gasteiger partial charge in [-0.3, -0.25) is 9.36 Å². The van der Waals surface area contributed by atoms with E-state index in [0.29, 0.717) is 34.7 Å². The third kappa shape index (κ3) is 5.45. The summed E-state index contributed by atoms with van der Waals surface area (Å²) < 4.78 is 6.86. The molecule has 7 nitrogen and oxygen atoms in total. The molecular formula is C20H29ClN4O3. The van der Waals surface area contributed by atoms with Crippen LogP contribution in [0.15, 0.2) is 23.0 Å². The molecule has 0 radical (unpaired) electrons. The van der Waals surface area contributed by atoms with Gasteiger partial charge in [0, 0.05) is 12.1 Å². The number of amides is 1. The predicted molar refractivity (Wildman–Crippen MR) is 112 cm³/mol. The molecule has 0 bridgehead atoms. The second kappa shape index (κ2) is 8.09. The zero-order chi connectivity index (χ0) is 21.3. The number of carbonyl (C=O) groups excluding carboxylic acids is 1. The smallest absolute Gasteiger partial charge is 0.408 e. The number of fused-ring (bicyclic) bond motifs is 1. The Bertz CT molecular complexity index is 929. The molecule has 0 spiro atoms. The summed E-state index contributed by atoms with van der Waals surface area (Å²) in [5, 5.41) is 3.57. The zero-order valence-electron chi connectivity index (χ0n) is 17.3. The second-order valence-corrected chi connectivity index (χ2v) is 9.02. The van der Waals surface area contributed by atoms with E-state index in [-0.39, 0.29) is 5.56 Å². The molecular weight excluding hydrogens is 380 g/mol. The molecule has 0 aliphatic rings. The summed E-state index contributed by atoms with van der Waals surface area (Å²) in [7, 11) is 0. The topological polar surface area (TPSA) is 99.2 Å². The monoisotopic (exact) mass is 408 g/mol. The van der Waals surface area contributed by atoms with Crippen molar-refractivity contribution >= 4 is 28.6 Å². The third-order valence-corrected chi connectivity index (χ3v) is 4.48. The lowest BCUT2D eigenvalue weighted by Gasteiger charge is -2.29. The number of carbonyl (C=O) groups is 1. The summed E-state index contributed by atoms with van der Waals surface area (Å²) in [6, 6.07) is 4.72. The van der Waals surface area contributed by atoms with Gasteiger partial charge in [0.15, 0.2) is 0 Å². The minimum absolute atomic E-state index is 0.240. The summed E-state index contributed by atoms with van der Waals surface area (Å²) in [4.78, 5) is 29.7. The van der Waals surface area contributed by atoms with Crippen molar-refractivity contribution in [2.45, 2.75) is 71.7 Å². The Balaban J connectivity index is 2.31. The fraction of sp³-hybridized carbons (Fsp3) is 0.550. The molecule has 1 atom stereocenters. The quantitative estimate of drug-likeness (QED) is 0.784. The van der Waals surface area contributed by atoms with Crippen LogP contribution in [0.5, 0.6) is 0 Å². The highest BCUT2D eigenvalue weighted by Gasteiger charge is 2.25. The molecule has 1 amide bonds. The van der Waals surface area contributed by atoms with Gasteiger partial charge in [0.25, 0.3) is 5.56 Å². The van der Waals surface area contributed by atoms with Crippen LogP contribution in [0.2, 0.25) is 5.02 Å². The normalized spacial score (nSPS) is 13.4. The summed E-state index contributed by atoms with van der Waals surface area (Å²) in [5.74, 6) is 0.479. The molecule has 1 aromatic carbocycles. The van der Waals surface area contributed by atoms with Gasteiger partial charge in [-0.15, -0.1) is 0 Å². The van der Waals surface area contributed by atoms with Gasteiger partial charge in [-0.25, -0.2) is 9.78 Å². The first-order valence-corrected chi connectivity index (χ1v) is 9.64. The molecule has 0 saturated carbocycles. The van der Waals surface area contributed by atoms with E-state index in [1.54, 1.807) is 45.9 Å². The highest BCUT2D eigenvalue weighted by atomic mass is 35.5. The molecule has 154 valence electrons. The van der Waals surface area contributed by atoms with E-state index in [2.05, 4.69) is 10.3 Å². The van der Waals surface area contributed by atoms with Crippen molar-refractivity contribution in [2.24, 2.45) is 5.73 Å². The number of hydrogen-bond donors (Lipinski definition) is 2. The van der Waals surface area contributed by atoms with Crippen LogP contribution in [0.1, 0.15) is 59.8 Å². The fourth-order valence-electron chi connectivity index (χ4n) is 2.84. The van der Waals surface area contributed by atoms with E-state index < -0.39 is 23.3 Å². The maximum atomic E-state index is 13.1. The van der Waals surface area contributed by atoms with Crippen LogP contribution in [0, 0.1) is 0 Å². The first-order valence-electron chi connectivity index (χ1n) is 9.26. The van der Waals surface area contributed by atoms with Gasteiger partial charge in [-0.2, -0.15) is 0 Å². The van der Waals surface area contributed by atoms with Gasteiger partial charge in [0.05, 0.1) is 22.0 Å². The van der Waals surface area contributed by atoms with Crippen LogP contribution >= 0.6 is 11.6 Å². The molecule has 8 heteroatoms. The Morgan fingerprint density at radius 2 is 1.96 bits per heavy atom. The number of nitrogens with zero attached hydrogens (tertiary/aromatic N) is 2. The Morgan fingerprint density at radius 3 is 2.54 bits per heavy atom. The standard InChI is InChI=1S/C20H29ClN4O3/c1-12(22)16-23-14-9-7-8-13(21)15(14)17(26)25(16)11-10-20(5,6)24-18(27)28-19(2,3)4/h7-9,12H,10-11,22H2,1-6H3,(H,24,27)/t12-/m0/s1. The number of ether oxygens (including phenoxy) is 1. The van der Waals surface area contributed by atoms with E-state index >= 15 is 0 Å². The number of rotatable bonds is 5. The highest BCUT2D eigenvalue weighted by molar-refractivity contribution is 6.35.